The molecule has 5 heteroatoms. The molecule has 2 rings (SSSR count). The number of likely N-dealkylation sites (tertiary alicyclic amines) is 1. The Morgan fingerprint density at radius 3 is 2.65 bits per heavy atom. The molecule has 1 fully saturated rings. The van der Waals surface area contributed by atoms with Gasteiger partial charge in [0, 0.05) is 31.7 Å². The first-order valence-electron chi connectivity index (χ1n) is 5.38. The Bertz CT molecular complexity index is 456. The van der Waals surface area contributed by atoms with Crippen LogP contribution in [0.15, 0.2) is 12.1 Å². The summed E-state index contributed by atoms with van der Waals surface area (Å²) in [4.78, 5) is 13.3. The largest absolute Gasteiger partial charge is 0.396 e. The van der Waals surface area contributed by atoms with Gasteiger partial charge in [-0.25, -0.2) is 8.78 Å². The molecule has 0 spiro atoms. The molecule has 1 aromatic rings. The maximum absolute atomic E-state index is 13.4. The molecule has 1 aromatic carbocycles. The zero-order valence-electron chi connectivity index (χ0n) is 9.41. The number of aliphatic hydroxyl groups excluding tert-OH is 1. The van der Waals surface area contributed by atoms with Crippen molar-refractivity contribution in [2.75, 3.05) is 19.7 Å². The van der Waals surface area contributed by atoms with Crippen LogP contribution in [0.25, 0.3) is 0 Å². The number of aryl methyl sites for hydroxylation is 1. The van der Waals surface area contributed by atoms with E-state index >= 15 is 0 Å². The molecular formula is C12H13F2NO2. The van der Waals surface area contributed by atoms with E-state index in [0.717, 1.165) is 6.07 Å². The topological polar surface area (TPSA) is 40.5 Å². The van der Waals surface area contributed by atoms with Crippen molar-refractivity contribution in [1.29, 1.82) is 0 Å². The minimum atomic E-state index is -0.842. The lowest BCUT2D eigenvalue weighted by Crippen LogP contribution is -2.51. The average molecular weight is 241 g/mol. The van der Waals surface area contributed by atoms with Gasteiger partial charge >= 0.3 is 0 Å². The number of aliphatic hydroxyl groups is 1. The number of nitrogens with zero attached hydrogens (tertiary/aromatic N) is 1. The number of halogens is 2. The summed E-state index contributed by atoms with van der Waals surface area (Å²) < 4.78 is 26.5. The highest BCUT2D eigenvalue weighted by atomic mass is 19.1. The highest BCUT2D eigenvalue weighted by Gasteiger charge is 2.31. The lowest BCUT2D eigenvalue weighted by molar-refractivity contribution is 0.0357. The van der Waals surface area contributed by atoms with Gasteiger partial charge in [-0.3, -0.25) is 4.79 Å². The van der Waals surface area contributed by atoms with E-state index in [0.29, 0.717) is 13.1 Å². The molecule has 0 unspecified atom stereocenters. The predicted octanol–water partition coefficient (Wildman–Crippen LogP) is 1.34. The molecule has 3 nitrogen and oxygen atoms in total. The van der Waals surface area contributed by atoms with Crippen LogP contribution in [0.5, 0.6) is 0 Å². The lowest BCUT2D eigenvalue weighted by atomic mass is 9.99. The number of hydrogen-bond acceptors (Lipinski definition) is 2. The van der Waals surface area contributed by atoms with E-state index in [1.54, 1.807) is 0 Å². The minimum absolute atomic E-state index is 0.0225. The van der Waals surface area contributed by atoms with E-state index < -0.39 is 17.5 Å². The fourth-order valence-corrected chi connectivity index (χ4v) is 1.84. The standard InChI is InChI=1S/C12H13F2NO2/c1-7-2-9(11(14)3-10(7)13)12(17)15-4-8(5-15)6-16/h2-3,8,16H,4-6H2,1H3. The van der Waals surface area contributed by atoms with Crippen LogP contribution in [0, 0.1) is 24.5 Å². The summed E-state index contributed by atoms with van der Waals surface area (Å²) in [6.45, 7) is 2.35. The molecular weight excluding hydrogens is 228 g/mol. The van der Waals surface area contributed by atoms with Gasteiger partial charge in [-0.05, 0) is 18.6 Å². The minimum Gasteiger partial charge on any atom is -0.396 e. The van der Waals surface area contributed by atoms with Crippen molar-refractivity contribution in [3.63, 3.8) is 0 Å². The predicted molar refractivity (Wildman–Crippen MR) is 57.6 cm³/mol. The Balaban J connectivity index is 2.18. The molecule has 1 amide bonds. The summed E-state index contributed by atoms with van der Waals surface area (Å²) in [6.07, 6.45) is 0. The molecule has 1 aliphatic rings. The zero-order valence-corrected chi connectivity index (χ0v) is 9.41. The third-order valence-corrected chi connectivity index (χ3v) is 2.98. The SMILES string of the molecule is Cc1cc(C(=O)N2CC(CO)C2)c(F)cc1F. The zero-order chi connectivity index (χ0) is 12.6. The number of carbonyl (C=O) groups excluding carboxylic acids is 1. The van der Waals surface area contributed by atoms with Gasteiger partial charge < -0.3 is 10.0 Å². The van der Waals surface area contributed by atoms with Crippen molar-refractivity contribution >= 4 is 5.91 Å². The summed E-state index contributed by atoms with van der Waals surface area (Å²) in [6, 6.07) is 1.95. The van der Waals surface area contributed by atoms with Gasteiger partial charge in [0.1, 0.15) is 11.6 Å². The quantitative estimate of drug-likeness (QED) is 0.848. The van der Waals surface area contributed by atoms with Crippen molar-refractivity contribution in [1.82, 2.24) is 4.90 Å². The Morgan fingerprint density at radius 1 is 1.41 bits per heavy atom. The van der Waals surface area contributed by atoms with Gasteiger partial charge in [0.05, 0.1) is 5.56 Å². The fourth-order valence-electron chi connectivity index (χ4n) is 1.84. The van der Waals surface area contributed by atoms with Gasteiger partial charge in [-0.1, -0.05) is 0 Å². The van der Waals surface area contributed by atoms with Crippen molar-refractivity contribution in [2.24, 2.45) is 5.92 Å². The van der Waals surface area contributed by atoms with Crippen LogP contribution in [0.2, 0.25) is 0 Å². The molecule has 0 saturated carbocycles. The van der Waals surface area contributed by atoms with Crippen LogP contribution in [0.4, 0.5) is 8.78 Å². The second-order valence-electron chi connectivity index (χ2n) is 4.34. The van der Waals surface area contributed by atoms with Gasteiger partial charge in [-0.2, -0.15) is 0 Å². The summed E-state index contributed by atoms with van der Waals surface area (Å²) in [5.74, 6) is -1.87. The number of rotatable bonds is 2. The summed E-state index contributed by atoms with van der Waals surface area (Å²) in [5, 5.41) is 8.83. The van der Waals surface area contributed by atoms with Crippen LogP contribution < -0.4 is 0 Å². The Morgan fingerprint density at radius 2 is 2.06 bits per heavy atom. The molecule has 17 heavy (non-hydrogen) atoms. The van der Waals surface area contributed by atoms with Gasteiger partial charge in [0.2, 0.25) is 0 Å². The van der Waals surface area contributed by atoms with Crippen molar-refractivity contribution in [3.8, 4) is 0 Å². The van der Waals surface area contributed by atoms with Crippen LogP contribution in [0.3, 0.4) is 0 Å². The van der Waals surface area contributed by atoms with E-state index in [2.05, 4.69) is 0 Å². The molecule has 0 aliphatic carbocycles. The van der Waals surface area contributed by atoms with Crippen molar-refractivity contribution < 1.29 is 18.7 Å². The molecule has 1 aliphatic heterocycles. The Kier molecular flexibility index (Phi) is 3.11. The number of benzene rings is 1. The molecule has 0 atom stereocenters. The van der Waals surface area contributed by atoms with E-state index in [-0.39, 0.29) is 23.7 Å². The van der Waals surface area contributed by atoms with Gasteiger partial charge in [-0.15, -0.1) is 0 Å². The highest BCUT2D eigenvalue weighted by Crippen LogP contribution is 2.21. The molecule has 92 valence electrons. The summed E-state index contributed by atoms with van der Waals surface area (Å²) in [5.41, 5.74) is 0.134. The van der Waals surface area contributed by atoms with Crippen LogP contribution >= 0.6 is 0 Å². The lowest BCUT2D eigenvalue weighted by Gasteiger charge is -2.38. The van der Waals surface area contributed by atoms with Gasteiger partial charge in [0.25, 0.3) is 5.91 Å². The molecule has 1 heterocycles. The average Bonchev–Trinajstić information content (AvgIpc) is 2.21. The number of amides is 1. The van der Waals surface area contributed by atoms with Gasteiger partial charge in [0.15, 0.2) is 0 Å². The monoisotopic (exact) mass is 241 g/mol. The van der Waals surface area contributed by atoms with E-state index in [4.69, 9.17) is 5.11 Å². The highest BCUT2D eigenvalue weighted by molar-refractivity contribution is 5.95. The molecule has 1 saturated heterocycles. The molecule has 0 aromatic heterocycles. The first-order chi connectivity index (χ1) is 8.02. The van der Waals surface area contributed by atoms with Crippen LogP contribution in [0.1, 0.15) is 15.9 Å². The smallest absolute Gasteiger partial charge is 0.256 e. The normalized spacial score (nSPS) is 15.9. The summed E-state index contributed by atoms with van der Waals surface area (Å²) >= 11 is 0. The Hall–Kier alpha value is -1.49. The third kappa shape index (κ3) is 2.15. The second kappa shape index (κ2) is 4.41. The van der Waals surface area contributed by atoms with Crippen LogP contribution in [-0.4, -0.2) is 35.6 Å². The third-order valence-electron chi connectivity index (χ3n) is 2.98. The molecule has 0 radical (unpaired) electrons. The first kappa shape index (κ1) is 12.0. The van der Waals surface area contributed by atoms with Crippen LogP contribution in [-0.2, 0) is 0 Å². The molecule has 1 N–H and O–H groups in total. The molecule has 0 bridgehead atoms. The Labute approximate surface area is 97.7 Å². The maximum Gasteiger partial charge on any atom is 0.256 e. The summed E-state index contributed by atoms with van der Waals surface area (Å²) in [7, 11) is 0. The van der Waals surface area contributed by atoms with E-state index in [9.17, 15) is 13.6 Å². The van der Waals surface area contributed by atoms with Crippen molar-refractivity contribution in [2.45, 2.75) is 6.92 Å². The second-order valence-corrected chi connectivity index (χ2v) is 4.34. The first-order valence-corrected chi connectivity index (χ1v) is 5.38. The fraction of sp³-hybridized carbons (Fsp3) is 0.417. The van der Waals surface area contributed by atoms with E-state index in [1.807, 2.05) is 0 Å². The van der Waals surface area contributed by atoms with Crippen molar-refractivity contribution in [3.05, 3.63) is 34.9 Å². The number of hydrogen-bond donors (Lipinski definition) is 1. The maximum atomic E-state index is 13.4. The van der Waals surface area contributed by atoms with E-state index in [1.165, 1.54) is 17.9 Å². The number of carbonyl (C=O) groups is 1.